The molecule has 1 aromatic carbocycles. The Balaban J connectivity index is 1.59. The SMILES string of the molecule is CC(C)c1cnn2c(NCc3ccc(-c4ccccc4)nc3)nc([S+](C)[O-])nc12. The number of pyridine rings is 1. The van der Waals surface area contributed by atoms with Gasteiger partial charge in [0.25, 0.3) is 0 Å². The first kappa shape index (κ1) is 19.4. The fraction of sp³-hybridized carbons (Fsp3) is 0.238. The highest BCUT2D eigenvalue weighted by Gasteiger charge is 2.19. The van der Waals surface area contributed by atoms with E-state index in [0.717, 1.165) is 22.4 Å². The highest BCUT2D eigenvalue weighted by atomic mass is 32.2. The Kier molecular flexibility index (Phi) is 5.46. The largest absolute Gasteiger partial charge is 0.609 e. The highest BCUT2D eigenvalue weighted by Crippen LogP contribution is 2.22. The lowest BCUT2D eigenvalue weighted by Gasteiger charge is -2.10. The van der Waals surface area contributed by atoms with Crippen molar-refractivity contribution >= 4 is 22.8 Å². The van der Waals surface area contributed by atoms with Gasteiger partial charge in [0.1, 0.15) is 6.26 Å². The van der Waals surface area contributed by atoms with E-state index >= 15 is 0 Å². The minimum Gasteiger partial charge on any atom is -0.609 e. The summed E-state index contributed by atoms with van der Waals surface area (Å²) >= 11 is -1.29. The molecule has 8 heteroatoms. The molecule has 1 N–H and O–H groups in total. The summed E-state index contributed by atoms with van der Waals surface area (Å²) in [5.41, 5.74) is 4.69. The van der Waals surface area contributed by atoms with Crippen LogP contribution in [0, 0.1) is 0 Å². The first-order valence-corrected chi connectivity index (χ1v) is 10.9. The van der Waals surface area contributed by atoms with Gasteiger partial charge in [-0.25, -0.2) is 0 Å². The van der Waals surface area contributed by atoms with Gasteiger partial charge in [0, 0.05) is 35.0 Å². The average molecular weight is 407 g/mol. The molecule has 0 aliphatic heterocycles. The van der Waals surface area contributed by atoms with Gasteiger partial charge in [-0.05, 0) is 17.5 Å². The van der Waals surface area contributed by atoms with Gasteiger partial charge in [-0.3, -0.25) is 4.98 Å². The van der Waals surface area contributed by atoms with Gasteiger partial charge < -0.3 is 9.87 Å². The molecule has 3 aromatic heterocycles. The number of nitrogens with zero attached hydrogens (tertiary/aromatic N) is 5. The Bertz CT molecular complexity index is 1110. The van der Waals surface area contributed by atoms with Crippen LogP contribution in [0.4, 0.5) is 5.95 Å². The Morgan fingerprint density at radius 3 is 2.52 bits per heavy atom. The van der Waals surface area contributed by atoms with E-state index in [2.05, 4.69) is 39.2 Å². The Hall–Kier alpha value is -2.97. The highest BCUT2D eigenvalue weighted by molar-refractivity contribution is 7.90. The van der Waals surface area contributed by atoms with Crippen molar-refractivity contribution in [2.45, 2.75) is 31.5 Å². The number of hydrogen-bond donors (Lipinski definition) is 1. The van der Waals surface area contributed by atoms with E-state index in [9.17, 15) is 4.55 Å². The van der Waals surface area contributed by atoms with Crippen LogP contribution in [0.3, 0.4) is 0 Å². The summed E-state index contributed by atoms with van der Waals surface area (Å²) in [7, 11) is 0. The van der Waals surface area contributed by atoms with E-state index in [1.165, 1.54) is 0 Å². The average Bonchev–Trinajstić information content (AvgIpc) is 3.17. The minimum absolute atomic E-state index is 0.253. The van der Waals surface area contributed by atoms with Crippen LogP contribution in [0.15, 0.2) is 60.0 Å². The number of fused-ring (bicyclic) bond motifs is 1. The zero-order valence-electron chi connectivity index (χ0n) is 16.5. The smallest absolute Gasteiger partial charge is 0.347 e. The number of anilines is 1. The van der Waals surface area contributed by atoms with E-state index < -0.39 is 11.2 Å². The molecule has 1 unspecified atom stereocenters. The summed E-state index contributed by atoms with van der Waals surface area (Å²) in [6.07, 6.45) is 5.21. The fourth-order valence-electron chi connectivity index (χ4n) is 3.02. The lowest BCUT2D eigenvalue weighted by Crippen LogP contribution is -2.13. The molecule has 7 nitrogen and oxygen atoms in total. The van der Waals surface area contributed by atoms with E-state index in [4.69, 9.17) is 0 Å². The second kappa shape index (κ2) is 8.18. The van der Waals surface area contributed by atoms with Crippen molar-refractivity contribution in [1.82, 2.24) is 24.6 Å². The number of benzene rings is 1. The zero-order valence-corrected chi connectivity index (χ0v) is 17.3. The van der Waals surface area contributed by atoms with Crippen molar-refractivity contribution < 1.29 is 4.55 Å². The van der Waals surface area contributed by atoms with Gasteiger partial charge in [-0.1, -0.05) is 50.2 Å². The predicted molar refractivity (Wildman–Crippen MR) is 114 cm³/mol. The Labute approximate surface area is 172 Å². The van der Waals surface area contributed by atoms with Gasteiger partial charge in [-0.2, -0.15) is 14.6 Å². The van der Waals surface area contributed by atoms with Crippen LogP contribution < -0.4 is 5.32 Å². The second-order valence-corrected chi connectivity index (χ2v) is 8.32. The van der Waals surface area contributed by atoms with Crippen LogP contribution >= 0.6 is 0 Å². The minimum atomic E-state index is -1.29. The lowest BCUT2D eigenvalue weighted by atomic mass is 10.1. The molecule has 0 spiro atoms. The van der Waals surface area contributed by atoms with E-state index in [1.54, 1.807) is 17.0 Å². The zero-order chi connectivity index (χ0) is 20.4. The maximum atomic E-state index is 12.0. The van der Waals surface area contributed by atoms with Crippen LogP contribution in [0.25, 0.3) is 16.9 Å². The topological polar surface area (TPSA) is 91.1 Å². The van der Waals surface area contributed by atoms with Gasteiger partial charge in [-0.15, -0.1) is 4.98 Å². The van der Waals surface area contributed by atoms with Crippen LogP contribution in [0.2, 0.25) is 0 Å². The summed E-state index contributed by atoms with van der Waals surface area (Å²) in [5.74, 6) is 0.766. The summed E-state index contributed by atoms with van der Waals surface area (Å²) in [5, 5.41) is 8.00. The molecule has 29 heavy (non-hydrogen) atoms. The van der Waals surface area contributed by atoms with E-state index in [0.29, 0.717) is 23.3 Å². The van der Waals surface area contributed by atoms with Crippen LogP contribution in [0.1, 0.15) is 30.9 Å². The normalized spacial score (nSPS) is 12.4. The molecule has 0 bridgehead atoms. The molecule has 4 aromatic rings. The van der Waals surface area contributed by atoms with Gasteiger partial charge in [0.15, 0.2) is 5.65 Å². The lowest BCUT2D eigenvalue weighted by molar-refractivity contribution is 0.591. The molecule has 0 aliphatic rings. The third-order valence-corrected chi connectivity index (χ3v) is 5.30. The molecule has 3 heterocycles. The second-order valence-electron chi connectivity index (χ2n) is 7.05. The van der Waals surface area contributed by atoms with Crippen molar-refractivity contribution in [3.05, 3.63) is 66.0 Å². The van der Waals surface area contributed by atoms with Crippen molar-refractivity contribution in [2.75, 3.05) is 11.6 Å². The summed E-state index contributed by atoms with van der Waals surface area (Å²) in [6, 6.07) is 14.1. The first-order chi connectivity index (χ1) is 14.0. The number of aromatic nitrogens is 5. The Morgan fingerprint density at radius 1 is 1.07 bits per heavy atom. The van der Waals surface area contributed by atoms with Crippen molar-refractivity contribution in [3.63, 3.8) is 0 Å². The van der Waals surface area contributed by atoms with Gasteiger partial charge >= 0.3 is 5.16 Å². The Morgan fingerprint density at radius 2 is 1.86 bits per heavy atom. The number of rotatable bonds is 6. The van der Waals surface area contributed by atoms with Crippen molar-refractivity contribution in [1.29, 1.82) is 0 Å². The molecular weight excluding hydrogens is 384 g/mol. The monoisotopic (exact) mass is 406 g/mol. The third kappa shape index (κ3) is 4.08. The van der Waals surface area contributed by atoms with Gasteiger partial charge in [0.2, 0.25) is 5.95 Å². The fourth-order valence-corrected chi connectivity index (χ4v) is 3.45. The van der Waals surface area contributed by atoms with E-state index in [-0.39, 0.29) is 5.92 Å². The van der Waals surface area contributed by atoms with Gasteiger partial charge in [0.05, 0.1) is 11.9 Å². The van der Waals surface area contributed by atoms with Crippen molar-refractivity contribution in [2.24, 2.45) is 0 Å². The van der Waals surface area contributed by atoms with Crippen LogP contribution in [-0.2, 0) is 17.7 Å². The predicted octanol–water partition coefficient (Wildman–Crippen LogP) is 3.66. The standard InChI is InChI=1S/C21H22N6OS/c1-14(2)17-13-24-27-19(17)25-21(29(3)28)26-20(27)23-12-15-9-10-18(22-11-15)16-7-5-4-6-8-16/h4-11,13-14H,12H2,1-3H3,(H,23,25,26). The molecule has 0 aliphatic carbocycles. The summed E-state index contributed by atoms with van der Waals surface area (Å²) in [4.78, 5) is 13.4. The molecule has 0 amide bonds. The molecular formula is C21H22N6OS. The maximum absolute atomic E-state index is 12.0. The van der Waals surface area contributed by atoms with E-state index in [1.807, 2.05) is 48.7 Å². The quantitative estimate of drug-likeness (QED) is 0.492. The molecule has 4 rings (SSSR count). The molecule has 1 atom stereocenters. The first-order valence-electron chi connectivity index (χ1n) is 9.36. The summed E-state index contributed by atoms with van der Waals surface area (Å²) < 4.78 is 13.7. The van der Waals surface area contributed by atoms with Crippen LogP contribution in [0.5, 0.6) is 0 Å². The molecule has 148 valence electrons. The van der Waals surface area contributed by atoms with Crippen LogP contribution in [-0.4, -0.2) is 35.4 Å². The summed E-state index contributed by atoms with van der Waals surface area (Å²) in [6.45, 7) is 4.67. The third-order valence-electron chi connectivity index (χ3n) is 4.60. The number of hydrogen-bond acceptors (Lipinski definition) is 6. The number of nitrogens with one attached hydrogen (secondary N) is 1. The maximum Gasteiger partial charge on any atom is 0.347 e. The molecule has 0 fully saturated rings. The van der Waals surface area contributed by atoms with Crippen molar-refractivity contribution in [3.8, 4) is 11.3 Å². The molecule has 0 radical (unpaired) electrons. The molecule has 0 saturated carbocycles. The molecule has 0 saturated heterocycles.